The lowest BCUT2D eigenvalue weighted by atomic mass is 9.80. The zero-order valence-corrected chi connectivity index (χ0v) is 13.4. The van der Waals surface area contributed by atoms with E-state index in [0.717, 1.165) is 4.90 Å². The molecule has 0 unspecified atom stereocenters. The molecule has 0 saturated carbocycles. The molecular weight excluding hydrogens is 297 g/mol. The highest BCUT2D eigenvalue weighted by Crippen LogP contribution is 2.09. The zero-order valence-electron chi connectivity index (χ0n) is 13.4. The van der Waals surface area contributed by atoms with Crippen LogP contribution in [0.15, 0.2) is 24.3 Å². The van der Waals surface area contributed by atoms with E-state index in [0.29, 0.717) is 6.42 Å². The van der Waals surface area contributed by atoms with Crippen LogP contribution in [0.4, 0.5) is 0 Å². The molecule has 0 aliphatic heterocycles. The molecule has 1 aromatic carbocycles. The van der Waals surface area contributed by atoms with Crippen LogP contribution < -0.4 is 10.8 Å². The lowest BCUT2D eigenvalue weighted by Crippen LogP contribution is -2.46. The summed E-state index contributed by atoms with van der Waals surface area (Å²) in [5.41, 5.74) is 0.552. The van der Waals surface area contributed by atoms with E-state index < -0.39 is 25.0 Å². The third-order valence-electron chi connectivity index (χ3n) is 3.26. The summed E-state index contributed by atoms with van der Waals surface area (Å²) in [6.45, 7) is 3.83. The number of nitriles is 1. The highest BCUT2D eigenvalue weighted by Gasteiger charge is 2.25. The third kappa shape index (κ3) is 5.40. The Balaban J connectivity index is 2.88. The molecule has 0 spiro atoms. The van der Waals surface area contributed by atoms with Crippen molar-refractivity contribution in [1.29, 1.82) is 5.26 Å². The van der Waals surface area contributed by atoms with Gasteiger partial charge in [-0.2, -0.15) is 5.26 Å². The monoisotopic (exact) mass is 317 g/mol. The highest BCUT2D eigenvalue weighted by molar-refractivity contribution is 6.58. The van der Waals surface area contributed by atoms with Gasteiger partial charge in [-0.15, -0.1) is 0 Å². The van der Waals surface area contributed by atoms with Gasteiger partial charge in [0, 0.05) is 12.6 Å². The zero-order chi connectivity index (χ0) is 17.6. The second-order valence-corrected chi connectivity index (χ2v) is 5.65. The van der Waals surface area contributed by atoms with Gasteiger partial charge in [0.1, 0.15) is 6.04 Å². The topological polar surface area (TPSA) is 114 Å². The van der Waals surface area contributed by atoms with E-state index in [4.69, 9.17) is 15.3 Å². The van der Waals surface area contributed by atoms with Crippen LogP contribution in [0.25, 0.3) is 0 Å². The second kappa shape index (κ2) is 8.32. The van der Waals surface area contributed by atoms with Crippen molar-refractivity contribution in [3.8, 4) is 6.19 Å². The van der Waals surface area contributed by atoms with Crippen LogP contribution in [-0.2, 0) is 4.79 Å². The molecule has 0 bridgehead atoms. The number of amides is 2. The molecule has 0 aliphatic carbocycles. The van der Waals surface area contributed by atoms with Gasteiger partial charge in [-0.05, 0) is 29.9 Å². The van der Waals surface area contributed by atoms with Gasteiger partial charge in [0.05, 0.1) is 0 Å². The van der Waals surface area contributed by atoms with Crippen molar-refractivity contribution < 1.29 is 19.6 Å². The number of nitrogens with zero attached hydrogens (tertiary/aromatic N) is 2. The summed E-state index contributed by atoms with van der Waals surface area (Å²) in [5, 5.41) is 29.5. The van der Waals surface area contributed by atoms with Gasteiger partial charge in [-0.1, -0.05) is 26.0 Å². The van der Waals surface area contributed by atoms with E-state index >= 15 is 0 Å². The Hall–Kier alpha value is -2.37. The number of nitrogens with one attached hydrogen (secondary N) is 1. The van der Waals surface area contributed by atoms with Crippen molar-refractivity contribution in [3.63, 3.8) is 0 Å². The standard InChI is InChI=1S/C15H20BN3O4/c1-10(2)8-13(15(21)19(3)9-17)18-14(20)11-4-6-12(7-5-11)16(22)23/h4-7,10,13,22-23H,8H2,1-3H3,(H,18,20)/t13-/m0/s1. The summed E-state index contributed by atoms with van der Waals surface area (Å²) in [6.07, 6.45) is 2.14. The maximum absolute atomic E-state index is 12.2. The number of carbonyl (C=O) groups is 2. The summed E-state index contributed by atoms with van der Waals surface area (Å²) in [4.78, 5) is 25.3. The molecule has 0 aromatic heterocycles. The van der Waals surface area contributed by atoms with Gasteiger partial charge in [0.25, 0.3) is 11.8 Å². The number of benzene rings is 1. The van der Waals surface area contributed by atoms with Gasteiger partial charge in [-0.3, -0.25) is 14.5 Å². The first-order valence-corrected chi connectivity index (χ1v) is 7.20. The molecule has 3 N–H and O–H groups in total. The first kappa shape index (κ1) is 18.7. The first-order chi connectivity index (χ1) is 10.8. The number of carbonyl (C=O) groups excluding carboxylic acids is 2. The van der Waals surface area contributed by atoms with E-state index in [9.17, 15) is 9.59 Å². The molecule has 1 atom stereocenters. The molecule has 23 heavy (non-hydrogen) atoms. The van der Waals surface area contributed by atoms with Crippen molar-refractivity contribution in [1.82, 2.24) is 10.2 Å². The van der Waals surface area contributed by atoms with Gasteiger partial charge in [0.2, 0.25) is 0 Å². The summed E-state index contributed by atoms with van der Waals surface area (Å²) >= 11 is 0. The molecule has 1 aromatic rings. The maximum Gasteiger partial charge on any atom is 0.488 e. The Bertz CT molecular complexity index is 596. The molecule has 8 heteroatoms. The van der Waals surface area contributed by atoms with Gasteiger partial charge < -0.3 is 15.4 Å². The minimum Gasteiger partial charge on any atom is -0.423 e. The molecule has 0 fully saturated rings. The molecular formula is C15H20BN3O4. The Morgan fingerprint density at radius 1 is 1.30 bits per heavy atom. The van der Waals surface area contributed by atoms with Crippen LogP contribution in [0.3, 0.4) is 0 Å². The molecule has 1 rings (SSSR count). The average Bonchev–Trinajstić information content (AvgIpc) is 2.52. The quantitative estimate of drug-likeness (QED) is 0.370. The predicted molar refractivity (Wildman–Crippen MR) is 85.4 cm³/mol. The number of hydrogen-bond acceptors (Lipinski definition) is 5. The number of likely N-dealkylation sites (N-methyl/N-ethyl adjacent to an activating group) is 1. The van der Waals surface area contributed by atoms with Crippen LogP contribution in [-0.4, -0.2) is 47.0 Å². The molecule has 2 amide bonds. The SMILES string of the molecule is CC(C)C[C@H](NC(=O)c1ccc(B(O)O)cc1)C(=O)N(C)C#N. The minimum atomic E-state index is -1.60. The predicted octanol–water partition coefficient (Wildman–Crippen LogP) is -0.550. The molecule has 7 nitrogen and oxygen atoms in total. The fourth-order valence-electron chi connectivity index (χ4n) is 2.02. The Morgan fingerprint density at radius 3 is 2.30 bits per heavy atom. The summed E-state index contributed by atoms with van der Waals surface area (Å²) in [5.74, 6) is -0.783. The molecule has 0 radical (unpaired) electrons. The van der Waals surface area contributed by atoms with Crippen molar-refractivity contribution >= 4 is 24.4 Å². The Morgan fingerprint density at radius 2 is 1.87 bits per heavy atom. The number of hydrogen-bond donors (Lipinski definition) is 3. The second-order valence-electron chi connectivity index (χ2n) is 5.65. The van der Waals surface area contributed by atoms with Crippen molar-refractivity contribution in [2.45, 2.75) is 26.3 Å². The van der Waals surface area contributed by atoms with E-state index in [1.807, 2.05) is 13.8 Å². The van der Waals surface area contributed by atoms with Gasteiger partial charge in [-0.25, -0.2) is 0 Å². The van der Waals surface area contributed by atoms with Crippen molar-refractivity contribution in [3.05, 3.63) is 29.8 Å². The van der Waals surface area contributed by atoms with Crippen LogP contribution in [0.5, 0.6) is 0 Å². The third-order valence-corrected chi connectivity index (χ3v) is 3.26. The van der Waals surface area contributed by atoms with Crippen molar-refractivity contribution in [2.24, 2.45) is 5.92 Å². The Kier molecular flexibility index (Phi) is 6.75. The number of rotatable bonds is 6. The molecule has 0 heterocycles. The summed E-state index contributed by atoms with van der Waals surface area (Å²) < 4.78 is 0. The van der Waals surface area contributed by atoms with E-state index in [2.05, 4.69) is 5.32 Å². The highest BCUT2D eigenvalue weighted by atomic mass is 16.4. The van der Waals surface area contributed by atoms with Crippen LogP contribution in [0, 0.1) is 17.4 Å². The van der Waals surface area contributed by atoms with Gasteiger partial charge >= 0.3 is 7.12 Å². The van der Waals surface area contributed by atoms with Crippen LogP contribution in [0.1, 0.15) is 30.6 Å². The fraction of sp³-hybridized carbons (Fsp3) is 0.400. The summed E-state index contributed by atoms with van der Waals surface area (Å²) in [6, 6.07) is 4.92. The van der Waals surface area contributed by atoms with Crippen LogP contribution in [0.2, 0.25) is 0 Å². The van der Waals surface area contributed by atoms with E-state index in [-0.39, 0.29) is 16.9 Å². The largest absolute Gasteiger partial charge is 0.488 e. The lowest BCUT2D eigenvalue weighted by molar-refractivity contribution is -0.129. The van der Waals surface area contributed by atoms with Crippen molar-refractivity contribution in [2.75, 3.05) is 7.05 Å². The Labute approximate surface area is 135 Å². The fourth-order valence-corrected chi connectivity index (χ4v) is 2.02. The smallest absolute Gasteiger partial charge is 0.423 e. The van der Waals surface area contributed by atoms with Gasteiger partial charge in [0.15, 0.2) is 6.19 Å². The normalized spacial score (nSPS) is 11.5. The molecule has 122 valence electrons. The first-order valence-electron chi connectivity index (χ1n) is 7.20. The maximum atomic E-state index is 12.2. The summed E-state index contributed by atoms with van der Waals surface area (Å²) in [7, 11) is -0.258. The molecule has 0 aliphatic rings. The molecule has 0 saturated heterocycles. The lowest BCUT2D eigenvalue weighted by Gasteiger charge is -2.21. The average molecular weight is 317 g/mol. The van der Waals surface area contributed by atoms with E-state index in [1.54, 1.807) is 6.19 Å². The van der Waals surface area contributed by atoms with E-state index in [1.165, 1.54) is 31.3 Å². The van der Waals surface area contributed by atoms with Crippen LogP contribution >= 0.6 is 0 Å². The minimum absolute atomic E-state index is 0.156.